The predicted molar refractivity (Wildman–Crippen MR) is 82.9 cm³/mol. The summed E-state index contributed by atoms with van der Waals surface area (Å²) in [6.07, 6.45) is 3.29. The Morgan fingerprint density at radius 1 is 0.941 bits per heavy atom. The van der Waals surface area contributed by atoms with Gasteiger partial charge in [0.1, 0.15) is 0 Å². The number of anilines is 1. The van der Waals surface area contributed by atoms with E-state index in [0.717, 1.165) is 11.3 Å². The maximum absolute atomic E-state index is 5.67. The molecule has 1 rings (SSSR count). The summed E-state index contributed by atoms with van der Waals surface area (Å²) in [6.45, 7) is 14.0. The Labute approximate surface area is 108 Å². The zero-order valence-corrected chi connectivity index (χ0v) is 12.5. The highest BCUT2D eigenvalue weighted by Crippen LogP contribution is 2.14. The molecule has 0 bridgehead atoms. The second-order valence-electron chi connectivity index (χ2n) is 2.49. The monoisotopic (exact) mass is 238 g/mol. The highest BCUT2D eigenvalue weighted by molar-refractivity contribution is 5.64. The van der Waals surface area contributed by atoms with Gasteiger partial charge in [0.15, 0.2) is 0 Å². The minimum Gasteiger partial charge on any atom is -0.405 e. The van der Waals surface area contributed by atoms with Crippen LogP contribution in [0.1, 0.15) is 52.7 Å². The van der Waals surface area contributed by atoms with Crippen molar-refractivity contribution in [3.05, 3.63) is 35.5 Å². The fourth-order valence-corrected chi connectivity index (χ4v) is 0.942. The Hall–Kier alpha value is -1.44. The largest absolute Gasteiger partial charge is 0.405 e. The van der Waals surface area contributed by atoms with E-state index in [4.69, 9.17) is 11.5 Å². The van der Waals surface area contributed by atoms with Crippen LogP contribution >= 0.6 is 0 Å². The van der Waals surface area contributed by atoms with E-state index < -0.39 is 0 Å². The van der Waals surface area contributed by atoms with Crippen molar-refractivity contribution in [2.75, 3.05) is 5.73 Å². The third-order valence-corrected chi connectivity index (χ3v) is 1.52. The molecule has 2 nitrogen and oxygen atoms in total. The molecule has 0 unspecified atom stereocenters. The molecular weight excluding hydrogens is 208 g/mol. The third kappa shape index (κ3) is 10.8. The number of benzene rings is 1. The molecule has 0 aliphatic carbocycles. The van der Waals surface area contributed by atoms with E-state index in [9.17, 15) is 0 Å². The lowest BCUT2D eigenvalue weighted by atomic mass is 10.1. The van der Waals surface area contributed by atoms with Crippen LogP contribution in [0.25, 0.3) is 6.08 Å². The molecule has 0 saturated carbocycles. The number of aryl methyl sites for hydroxylation is 1. The second kappa shape index (κ2) is 17.0. The topological polar surface area (TPSA) is 52.0 Å². The van der Waals surface area contributed by atoms with Crippen LogP contribution in [0.4, 0.5) is 5.69 Å². The number of nitrogens with two attached hydrogens (primary N) is 2. The van der Waals surface area contributed by atoms with Gasteiger partial charge in [-0.25, -0.2) is 0 Å². The normalized spacial score (nSPS) is 7.94. The average molecular weight is 238 g/mol. The summed E-state index contributed by atoms with van der Waals surface area (Å²) in [4.78, 5) is 0. The van der Waals surface area contributed by atoms with Gasteiger partial charge in [0.2, 0.25) is 0 Å². The van der Waals surface area contributed by atoms with Gasteiger partial charge >= 0.3 is 0 Å². The van der Waals surface area contributed by atoms with Crippen LogP contribution in [0.3, 0.4) is 0 Å². The summed E-state index contributed by atoms with van der Waals surface area (Å²) in [5, 5.41) is 0. The fraction of sp³-hybridized carbons (Fsp3) is 0.467. The van der Waals surface area contributed by atoms with Gasteiger partial charge in [-0.2, -0.15) is 0 Å². The molecule has 0 saturated heterocycles. The molecule has 4 N–H and O–H groups in total. The molecule has 0 amide bonds. The first-order chi connectivity index (χ1) is 8.24. The van der Waals surface area contributed by atoms with Crippen molar-refractivity contribution in [2.45, 2.75) is 48.5 Å². The van der Waals surface area contributed by atoms with Crippen LogP contribution in [-0.2, 0) is 0 Å². The average Bonchev–Trinajstić information content (AvgIpc) is 2.41. The predicted octanol–water partition coefficient (Wildman–Crippen LogP) is 4.59. The third-order valence-electron chi connectivity index (χ3n) is 1.52. The van der Waals surface area contributed by atoms with Gasteiger partial charge < -0.3 is 11.5 Å². The van der Waals surface area contributed by atoms with Crippen LogP contribution in [0, 0.1) is 6.92 Å². The van der Waals surface area contributed by atoms with Crippen molar-refractivity contribution in [1.29, 1.82) is 0 Å². The van der Waals surface area contributed by atoms with Gasteiger partial charge in [-0.15, -0.1) is 0 Å². The molecule has 0 radical (unpaired) electrons. The van der Waals surface area contributed by atoms with Crippen LogP contribution in [-0.4, -0.2) is 0 Å². The minimum absolute atomic E-state index is 0.761. The van der Waals surface area contributed by atoms with Gasteiger partial charge in [0, 0.05) is 5.69 Å². The molecule has 2 heteroatoms. The highest BCUT2D eigenvalue weighted by Gasteiger charge is 1.93. The number of hydrogen-bond acceptors (Lipinski definition) is 2. The van der Waals surface area contributed by atoms with Crippen molar-refractivity contribution >= 4 is 11.8 Å². The zero-order chi connectivity index (χ0) is 14.3. The molecule has 0 atom stereocenters. The number of rotatable bonds is 1. The first kappa shape index (κ1) is 20.9. The van der Waals surface area contributed by atoms with E-state index in [-0.39, 0.29) is 0 Å². The zero-order valence-electron chi connectivity index (χ0n) is 12.5. The van der Waals surface area contributed by atoms with E-state index >= 15 is 0 Å². The molecule has 0 aliphatic heterocycles. The van der Waals surface area contributed by atoms with Gasteiger partial charge in [0.25, 0.3) is 0 Å². The molecule has 0 fully saturated rings. The summed E-state index contributed by atoms with van der Waals surface area (Å²) >= 11 is 0. The standard InChI is InChI=1S/C9H12N2.3C2H6/c1-7-2-3-9(11)8(6-7)4-5-10;3*1-2/h2-6H,10-11H2,1H3;3*1-2H3/b5-4-;;;. The fourth-order valence-electron chi connectivity index (χ4n) is 0.942. The van der Waals surface area contributed by atoms with Crippen molar-refractivity contribution in [1.82, 2.24) is 0 Å². The summed E-state index contributed by atoms with van der Waals surface area (Å²) in [7, 11) is 0. The Morgan fingerprint density at radius 3 is 1.82 bits per heavy atom. The van der Waals surface area contributed by atoms with Crippen molar-refractivity contribution in [3.63, 3.8) is 0 Å². The van der Waals surface area contributed by atoms with Crippen LogP contribution in [0.5, 0.6) is 0 Å². The highest BCUT2D eigenvalue weighted by atomic mass is 14.6. The van der Waals surface area contributed by atoms with Gasteiger partial charge in [-0.1, -0.05) is 53.2 Å². The molecule has 17 heavy (non-hydrogen) atoms. The lowest BCUT2D eigenvalue weighted by Crippen LogP contribution is -1.90. The lowest BCUT2D eigenvalue weighted by Gasteiger charge is -2.00. The number of nitrogen functional groups attached to an aromatic ring is 1. The Morgan fingerprint density at radius 2 is 1.41 bits per heavy atom. The molecule has 100 valence electrons. The van der Waals surface area contributed by atoms with Crippen LogP contribution in [0.2, 0.25) is 0 Å². The van der Waals surface area contributed by atoms with Gasteiger partial charge in [0.05, 0.1) is 0 Å². The Kier molecular flexibility index (Phi) is 20.9. The maximum atomic E-state index is 5.67. The van der Waals surface area contributed by atoms with E-state index in [2.05, 4.69) is 0 Å². The van der Waals surface area contributed by atoms with E-state index in [1.165, 1.54) is 11.8 Å². The van der Waals surface area contributed by atoms with Gasteiger partial charge in [-0.3, -0.25) is 0 Å². The molecule has 0 aromatic heterocycles. The van der Waals surface area contributed by atoms with E-state index in [0.29, 0.717) is 0 Å². The van der Waals surface area contributed by atoms with Crippen LogP contribution < -0.4 is 11.5 Å². The summed E-state index contributed by atoms with van der Waals surface area (Å²) in [5.74, 6) is 0. The minimum atomic E-state index is 0.761. The maximum Gasteiger partial charge on any atom is 0.0388 e. The summed E-state index contributed by atoms with van der Waals surface area (Å²) < 4.78 is 0. The first-order valence-electron chi connectivity index (χ1n) is 6.48. The van der Waals surface area contributed by atoms with Crippen LogP contribution in [0.15, 0.2) is 24.4 Å². The Balaban J connectivity index is -0.000000285. The Bertz CT molecular complexity index is 278. The molecule has 0 heterocycles. The molecule has 0 aliphatic rings. The van der Waals surface area contributed by atoms with Crippen molar-refractivity contribution in [3.8, 4) is 0 Å². The van der Waals surface area contributed by atoms with Crippen molar-refractivity contribution in [2.24, 2.45) is 5.73 Å². The quantitative estimate of drug-likeness (QED) is 0.703. The molecular formula is C15H30N2. The molecule has 1 aromatic carbocycles. The number of hydrogen-bond donors (Lipinski definition) is 2. The summed E-state index contributed by atoms with van der Waals surface area (Å²) in [6, 6.07) is 5.85. The van der Waals surface area contributed by atoms with E-state index in [1.54, 1.807) is 6.08 Å². The molecule has 1 aromatic rings. The summed E-state index contributed by atoms with van der Waals surface area (Å²) in [5.41, 5.74) is 13.8. The lowest BCUT2D eigenvalue weighted by molar-refractivity contribution is 1.45. The smallest absolute Gasteiger partial charge is 0.0388 e. The second-order valence-corrected chi connectivity index (χ2v) is 2.49. The van der Waals surface area contributed by atoms with Gasteiger partial charge in [-0.05, 0) is 36.9 Å². The first-order valence-corrected chi connectivity index (χ1v) is 6.48. The SMILES string of the molecule is CC.CC.CC.Cc1ccc(N)c(/C=C\N)c1. The van der Waals surface area contributed by atoms with Crippen molar-refractivity contribution < 1.29 is 0 Å². The molecule has 0 spiro atoms. The van der Waals surface area contributed by atoms with E-state index in [1.807, 2.05) is 66.7 Å².